The van der Waals surface area contributed by atoms with Crippen molar-refractivity contribution >= 4 is 17.1 Å². The molecule has 104 valence electrons. The van der Waals surface area contributed by atoms with Gasteiger partial charge in [0.15, 0.2) is 5.78 Å². The van der Waals surface area contributed by atoms with Crippen molar-refractivity contribution in [1.82, 2.24) is 4.90 Å². The molecule has 2 nitrogen and oxygen atoms in total. The van der Waals surface area contributed by atoms with E-state index in [4.69, 9.17) is 0 Å². The molecule has 1 saturated heterocycles. The highest BCUT2D eigenvalue weighted by atomic mass is 32.1. The molecule has 1 aliphatic heterocycles. The van der Waals surface area contributed by atoms with Gasteiger partial charge in [0.2, 0.25) is 0 Å². The van der Waals surface area contributed by atoms with Crippen LogP contribution in [0.4, 0.5) is 0 Å². The average Bonchev–Trinajstić information content (AvgIpc) is 3.03. The topological polar surface area (TPSA) is 20.3 Å². The molecule has 0 N–H and O–H groups in total. The molecule has 0 amide bonds. The molecule has 1 aliphatic rings. The van der Waals surface area contributed by atoms with E-state index >= 15 is 0 Å². The fourth-order valence-corrected chi connectivity index (χ4v) is 3.56. The summed E-state index contributed by atoms with van der Waals surface area (Å²) in [6.07, 6.45) is 1.98. The molecule has 3 rings (SSSR count). The third-order valence-electron chi connectivity index (χ3n) is 3.97. The van der Waals surface area contributed by atoms with Crippen molar-refractivity contribution in [2.75, 3.05) is 13.1 Å². The van der Waals surface area contributed by atoms with Crippen LogP contribution in [0.3, 0.4) is 0 Å². The van der Waals surface area contributed by atoms with Crippen molar-refractivity contribution in [3.8, 4) is 0 Å². The molecule has 1 fully saturated rings. The first-order chi connectivity index (χ1) is 9.83. The van der Waals surface area contributed by atoms with Gasteiger partial charge < -0.3 is 0 Å². The Morgan fingerprint density at radius 3 is 2.50 bits per heavy atom. The Bertz CT molecular complexity index is 542. The first-order valence-electron chi connectivity index (χ1n) is 7.17. The number of benzene rings is 1. The van der Waals surface area contributed by atoms with Crippen LogP contribution in [0, 0.1) is 5.92 Å². The van der Waals surface area contributed by atoms with E-state index in [2.05, 4.69) is 35.2 Å². The highest BCUT2D eigenvalue weighted by Gasteiger charge is 2.26. The molecule has 20 heavy (non-hydrogen) atoms. The molecule has 2 aromatic rings. The Hall–Kier alpha value is -1.45. The molecule has 0 atom stereocenters. The van der Waals surface area contributed by atoms with Crippen LogP contribution in [0.1, 0.15) is 28.1 Å². The number of Topliss-reactive ketones (excluding diaryl/α,β-unsaturated/α-hetero) is 1. The van der Waals surface area contributed by atoms with Gasteiger partial charge in [0, 0.05) is 12.5 Å². The fraction of sp³-hybridized carbons (Fsp3) is 0.353. The minimum Gasteiger partial charge on any atom is -0.299 e. The first kappa shape index (κ1) is 13.5. The number of carbonyl (C=O) groups excluding carboxylic acids is 1. The van der Waals surface area contributed by atoms with Crippen LogP contribution in [0.15, 0.2) is 47.8 Å². The van der Waals surface area contributed by atoms with Gasteiger partial charge in [-0.1, -0.05) is 36.4 Å². The Kier molecular flexibility index (Phi) is 4.28. The van der Waals surface area contributed by atoms with E-state index in [0.717, 1.165) is 37.4 Å². The molecule has 0 aliphatic carbocycles. The van der Waals surface area contributed by atoms with Crippen LogP contribution in [-0.2, 0) is 6.54 Å². The number of hydrogen-bond donors (Lipinski definition) is 0. The van der Waals surface area contributed by atoms with Crippen LogP contribution in [0.5, 0.6) is 0 Å². The number of likely N-dealkylation sites (tertiary alicyclic amines) is 1. The predicted octanol–water partition coefficient (Wildman–Crippen LogP) is 3.84. The van der Waals surface area contributed by atoms with Crippen molar-refractivity contribution in [1.29, 1.82) is 0 Å². The van der Waals surface area contributed by atoms with Crippen molar-refractivity contribution < 1.29 is 4.79 Å². The molecule has 1 aromatic carbocycles. The fourth-order valence-electron chi connectivity index (χ4n) is 2.81. The molecule has 0 bridgehead atoms. The van der Waals surface area contributed by atoms with Gasteiger partial charge in [-0.15, -0.1) is 11.3 Å². The number of thiophene rings is 1. The second-order valence-corrected chi connectivity index (χ2v) is 6.33. The van der Waals surface area contributed by atoms with Gasteiger partial charge in [-0.05, 0) is 42.9 Å². The third-order valence-corrected chi connectivity index (χ3v) is 4.86. The summed E-state index contributed by atoms with van der Waals surface area (Å²) in [5.74, 6) is 0.569. The Balaban J connectivity index is 1.53. The molecule has 0 saturated carbocycles. The maximum atomic E-state index is 12.3. The third kappa shape index (κ3) is 3.17. The van der Waals surface area contributed by atoms with E-state index < -0.39 is 0 Å². The normalized spacial score (nSPS) is 17.2. The van der Waals surface area contributed by atoms with Crippen molar-refractivity contribution in [3.63, 3.8) is 0 Å². The molecular weight excluding hydrogens is 266 g/mol. The maximum absolute atomic E-state index is 12.3. The molecule has 0 spiro atoms. The second-order valence-electron chi connectivity index (χ2n) is 5.38. The van der Waals surface area contributed by atoms with Crippen molar-refractivity contribution in [2.45, 2.75) is 19.4 Å². The smallest absolute Gasteiger partial charge is 0.175 e. The Labute approximate surface area is 124 Å². The predicted molar refractivity (Wildman–Crippen MR) is 83.1 cm³/mol. The summed E-state index contributed by atoms with van der Waals surface area (Å²) in [5, 5.41) is 1.98. The monoisotopic (exact) mass is 285 g/mol. The summed E-state index contributed by atoms with van der Waals surface area (Å²) in [6.45, 7) is 3.05. The van der Waals surface area contributed by atoms with Crippen LogP contribution < -0.4 is 0 Å². The standard InChI is InChI=1S/C17H19NOS/c19-17(16-7-4-12-20-16)15-8-10-18(11-9-15)13-14-5-2-1-3-6-14/h1-7,12,15H,8-11,13H2. The average molecular weight is 285 g/mol. The van der Waals surface area contributed by atoms with Gasteiger partial charge in [0.25, 0.3) is 0 Å². The molecule has 3 heteroatoms. The lowest BCUT2D eigenvalue weighted by Gasteiger charge is -2.31. The molecular formula is C17H19NOS. The zero-order valence-corrected chi connectivity index (χ0v) is 12.3. The van der Waals surface area contributed by atoms with E-state index in [1.165, 1.54) is 5.56 Å². The highest BCUT2D eigenvalue weighted by Crippen LogP contribution is 2.24. The molecule has 0 radical (unpaired) electrons. The number of hydrogen-bond acceptors (Lipinski definition) is 3. The lowest BCUT2D eigenvalue weighted by atomic mass is 9.91. The lowest BCUT2D eigenvalue weighted by molar-refractivity contribution is 0.0839. The van der Waals surface area contributed by atoms with Gasteiger partial charge >= 0.3 is 0 Å². The van der Waals surface area contributed by atoms with Crippen LogP contribution in [0.2, 0.25) is 0 Å². The zero-order valence-electron chi connectivity index (χ0n) is 11.5. The van der Waals surface area contributed by atoms with E-state index in [1.807, 2.05) is 17.5 Å². The minimum atomic E-state index is 0.223. The lowest BCUT2D eigenvalue weighted by Crippen LogP contribution is -2.35. The van der Waals surface area contributed by atoms with Gasteiger partial charge in [-0.2, -0.15) is 0 Å². The number of ketones is 1. The summed E-state index contributed by atoms with van der Waals surface area (Å²) in [4.78, 5) is 15.7. The van der Waals surface area contributed by atoms with Gasteiger partial charge in [0.1, 0.15) is 0 Å². The van der Waals surface area contributed by atoms with E-state index in [1.54, 1.807) is 11.3 Å². The summed E-state index contributed by atoms with van der Waals surface area (Å²) in [5.41, 5.74) is 1.36. The van der Waals surface area contributed by atoms with E-state index in [9.17, 15) is 4.79 Å². The van der Waals surface area contributed by atoms with Gasteiger partial charge in [-0.25, -0.2) is 0 Å². The Morgan fingerprint density at radius 2 is 1.85 bits per heavy atom. The van der Waals surface area contributed by atoms with Gasteiger partial charge in [-0.3, -0.25) is 9.69 Å². The quantitative estimate of drug-likeness (QED) is 0.795. The molecule has 1 aromatic heterocycles. The SMILES string of the molecule is O=C(c1cccs1)C1CCN(Cc2ccccc2)CC1. The zero-order chi connectivity index (χ0) is 13.8. The summed E-state index contributed by atoms with van der Waals surface area (Å²) in [6, 6.07) is 14.5. The molecule has 0 unspecified atom stereocenters. The number of nitrogens with zero attached hydrogens (tertiary/aromatic N) is 1. The highest BCUT2D eigenvalue weighted by molar-refractivity contribution is 7.12. The van der Waals surface area contributed by atoms with Gasteiger partial charge in [0.05, 0.1) is 4.88 Å². The van der Waals surface area contributed by atoms with E-state index in [0.29, 0.717) is 5.78 Å². The summed E-state index contributed by atoms with van der Waals surface area (Å²) in [7, 11) is 0. The number of piperidine rings is 1. The van der Waals surface area contributed by atoms with Crippen LogP contribution in [0.25, 0.3) is 0 Å². The first-order valence-corrected chi connectivity index (χ1v) is 8.05. The second kappa shape index (κ2) is 6.33. The van der Waals surface area contributed by atoms with Crippen molar-refractivity contribution in [2.24, 2.45) is 5.92 Å². The number of rotatable bonds is 4. The van der Waals surface area contributed by atoms with E-state index in [-0.39, 0.29) is 5.92 Å². The summed E-state index contributed by atoms with van der Waals surface area (Å²) < 4.78 is 0. The Morgan fingerprint density at radius 1 is 1.10 bits per heavy atom. The largest absolute Gasteiger partial charge is 0.299 e. The summed E-state index contributed by atoms with van der Waals surface area (Å²) >= 11 is 1.56. The van der Waals surface area contributed by atoms with Crippen LogP contribution >= 0.6 is 11.3 Å². The maximum Gasteiger partial charge on any atom is 0.175 e. The minimum absolute atomic E-state index is 0.223. The van der Waals surface area contributed by atoms with Crippen LogP contribution in [-0.4, -0.2) is 23.8 Å². The molecule has 2 heterocycles. The van der Waals surface area contributed by atoms with Crippen molar-refractivity contribution in [3.05, 3.63) is 58.3 Å². The number of carbonyl (C=O) groups is 1.